The maximum atomic E-state index is 13.9. The normalized spacial score (nSPS) is 15.1. The van der Waals surface area contributed by atoms with Crippen LogP contribution in [0.4, 0.5) is 5.69 Å². The molecule has 2 amide bonds. The number of hydrogen-bond acceptors (Lipinski definition) is 4. The smallest absolute Gasteiger partial charge is 0.244 e. The summed E-state index contributed by atoms with van der Waals surface area (Å²) in [6, 6.07) is 9.06. The number of aryl methyl sites for hydroxylation is 1. The summed E-state index contributed by atoms with van der Waals surface area (Å²) in [5.74, 6) is -0.761. The number of sulfonamides is 1. The Kier molecular flexibility index (Phi) is 10.7. The summed E-state index contributed by atoms with van der Waals surface area (Å²) in [4.78, 5) is 28.7. The number of halogens is 3. The van der Waals surface area contributed by atoms with Crippen LogP contribution in [-0.4, -0.2) is 50.0 Å². The summed E-state index contributed by atoms with van der Waals surface area (Å²) in [6.45, 7) is 3.14. The first-order valence-electron chi connectivity index (χ1n) is 12.7. The van der Waals surface area contributed by atoms with E-state index < -0.39 is 28.5 Å². The summed E-state index contributed by atoms with van der Waals surface area (Å²) in [6.07, 6.45) is 6.46. The molecule has 0 bridgehead atoms. The Morgan fingerprint density at radius 1 is 1.03 bits per heavy atom. The van der Waals surface area contributed by atoms with Gasteiger partial charge in [0.2, 0.25) is 21.8 Å². The summed E-state index contributed by atoms with van der Waals surface area (Å²) < 4.78 is 26.7. The average molecular weight is 603 g/mol. The fourth-order valence-corrected chi connectivity index (χ4v) is 6.25. The van der Waals surface area contributed by atoms with Crippen LogP contribution in [0.1, 0.15) is 56.6 Å². The molecule has 2 aromatic rings. The molecule has 0 saturated heterocycles. The van der Waals surface area contributed by atoms with E-state index in [2.05, 4.69) is 5.32 Å². The molecule has 3 rings (SSSR count). The molecular weight excluding hydrogens is 569 g/mol. The predicted molar refractivity (Wildman–Crippen MR) is 154 cm³/mol. The Hall–Kier alpha value is -2.00. The molecular formula is C27H34Cl3N3O4S. The molecule has 2 aromatic carbocycles. The zero-order chi connectivity index (χ0) is 28.0. The largest absolute Gasteiger partial charge is 0.352 e. The summed E-state index contributed by atoms with van der Waals surface area (Å²) >= 11 is 18.4. The van der Waals surface area contributed by atoms with Crippen molar-refractivity contribution >= 4 is 62.3 Å². The monoisotopic (exact) mass is 601 g/mol. The van der Waals surface area contributed by atoms with Crippen LogP contribution in [0.5, 0.6) is 0 Å². The van der Waals surface area contributed by atoms with Gasteiger partial charge < -0.3 is 10.2 Å². The average Bonchev–Trinajstić information content (AvgIpc) is 2.85. The lowest BCUT2D eigenvalue weighted by Gasteiger charge is -2.34. The van der Waals surface area contributed by atoms with E-state index in [4.69, 9.17) is 34.8 Å². The molecule has 1 atom stereocenters. The first-order valence-corrected chi connectivity index (χ1v) is 15.7. The number of anilines is 1. The molecule has 0 radical (unpaired) electrons. The molecule has 0 aliphatic heterocycles. The zero-order valence-electron chi connectivity index (χ0n) is 21.8. The molecule has 0 unspecified atom stereocenters. The van der Waals surface area contributed by atoms with E-state index in [1.54, 1.807) is 43.3 Å². The van der Waals surface area contributed by atoms with Crippen LogP contribution >= 0.6 is 34.8 Å². The van der Waals surface area contributed by atoms with Gasteiger partial charge in [-0.15, -0.1) is 0 Å². The second-order valence-corrected chi connectivity index (χ2v) is 12.9. The highest BCUT2D eigenvalue weighted by Gasteiger charge is 2.33. The lowest BCUT2D eigenvalue weighted by Crippen LogP contribution is -2.54. The van der Waals surface area contributed by atoms with Gasteiger partial charge in [0.15, 0.2) is 0 Å². The number of amides is 2. The molecule has 38 heavy (non-hydrogen) atoms. The molecule has 1 N–H and O–H groups in total. The van der Waals surface area contributed by atoms with E-state index in [0.717, 1.165) is 42.7 Å². The maximum absolute atomic E-state index is 13.9. The Bertz CT molecular complexity index is 1270. The highest BCUT2D eigenvalue weighted by Crippen LogP contribution is 2.27. The van der Waals surface area contributed by atoms with Gasteiger partial charge in [-0.05, 0) is 67.6 Å². The molecule has 0 spiro atoms. The van der Waals surface area contributed by atoms with Crippen molar-refractivity contribution in [1.29, 1.82) is 0 Å². The van der Waals surface area contributed by atoms with Crippen LogP contribution < -0.4 is 9.62 Å². The fourth-order valence-electron chi connectivity index (χ4n) is 4.79. The highest BCUT2D eigenvalue weighted by atomic mass is 35.5. The molecule has 208 valence electrons. The molecule has 1 saturated carbocycles. The number of nitrogens with one attached hydrogen (secondary N) is 1. The molecule has 0 heterocycles. The van der Waals surface area contributed by atoms with E-state index in [0.29, 0.717) is 38.3 Å². The van der Waals surface area contributed by atoms with Gasteiger partial charge in [0, 0.05) is 17.6 Å². The lowest BCUT2D eigenvalue weighted by molar-refractivity contribution is -0.140. The van der Waals surface area contributed by atoms with Gasteiger partial charge in [0.25, 0.3) is 0 Å². The SMILES string of the molecule is CC[C@@H](C(=O)NC1CCCCC1)N(Cc1ccc(Cl)c(Cl)c1)C(=O)CN(c1ccc(Cl)cc1C)S(C)(=O)=O. The predicted octanol–water partition coefficient (Wildman–Crippen LogP) is 5.98. The van der Waals surface area contributed by atoms with Crippen LogP contribution in [0, 0.1) is 6.92 Å². The first-order chi connectivity index (χ1) is 17.9. The fraction of sp³-hybridized carbons (Fsp3) is 0.481. The van der Waals surface area contributed by atoms with E-state index in [1.807, 2.05) is 6.92 Å². The number of benzene rings is 2. The Morgan fingerprint density at radius 3 is 2.29 bits per heavy atom. The van der Waals surface area contributed by atoms with Crippen molar-refractivity contribution in [3.05, 3.63) is 62.6 Å². The third kappa shape index (κ3) is 8.01. The van der Waals surface area contributed by atoms with Gasteiger partial charge >= 0.3 is 0 Å². The van der Waals surface area contributed by atoms with Crippen LogP contribution in [0.3, 0.4) is 0 Å². The lowest BCUT2D eigenvalue weighted by atomic mass is 9.95. The summed E-state index contributed by atoms with van der Waals surface area (Å²) in [5.41, 5.74) is 1.62. The topological polar surface area (TPSA) is 86.8 Å². The Labute approximate surface area is 240 Å². The molecule has 7 nitrogen and oxygen atoms in total. The minimum Gasteiger partial charge on any atom is -0.352 e. The number of rotatable bonds is 10. The van der Waals surface area contributed by atoms with Crippen molar-refractivity contribution in [2.45, 2.75) is 71.0 Å². The minimum absolute atomic E-state index is 0.0590. The van der Waals surface area contributed by atoms with E-state index >= 15 is 0 Å². The molecule has 0 aromatic heterocycles. The van der Waals surface area contributed by atoms with Crippen molar-refractivity contribution in [2.75, 3.05) is 17.1 Å². The van der Waals surface area contributed by atoms with Crippen LogP contribution in [0.25, 0.3) is 0 Å². The molecule has 1 aliphatic carbocycles. The van der Waals surface area contributed by atoms with E-state index in [-0.39, 0.29) is 18.5 Å². The third-order valence-electron chi connectivity index (χ3n) is 6.78. The second kappa shape index (κ2) is 13.4. The third-order valence-corrected chi connectivity index (χ3v) is 8.88. The van der Waals surface area contributed by atoms with Crippen molar-refractivity contribution in [3.8, 4) is 0 Å². The van der Waals surface area contributed by atoms with Crippen molar-refractivity contribution in [3.63, 3.8) is 0 Å². The first kappa shape index (κ1) is 30.5. The second-order valence-electron chi connectivity index (χ2n) is 9.74. The van der Waals surface area contributed by atoms with Crippen LogP contribution in [0.2, 0.25) is 15.1 Å². The Morgan fingerprint density at radius 2 is 1.71 bits per heavy atom. The van der Waals surface area contributed by atoms with Gasteiger partial charge in [0.1, 0.15) is 12.6 Å². The number of hydrogen-bond donors (Lipinski definition) is 1. The van der Waals surface area contributed by atoms with Crippen LogP contribution in [0.15, 0.2) is 36.4 Å². The minimum atomic E-state index is -3.84. The molecule has 1 fully saturated rings. The van der Waals surface area contributed by atoms with Crippen molar-refractivity contribution < 1.29 is 18.0 Å². The van der Waals surface area contributed by atoms with Crippen molar-refractivity contribution in [1.82, 2.24) is 10.2 Å². The van der Waals surface area contributed by atoms with Gasteiger partial charge in [0.05, 0.1) is 22.0 Å². The number of carbonyl (C=O) groups is 2. The van der Waals surface area contributed by atoms with Gasteiger partial charge in [-0.2, -0.15) is 0 Å². The van der Waals surface area contributed by atoms with Gasteiger partial charge in [-0.25, -0.2) is 8.42 Å². The van der Waals surface area contributed by atoms with Gasteiger partial charge in [-0.1, -0.05) is 67.1 Å². The van der Waals surface area contributed by atoms with Crippen LogP contribution in [-0.2, 0) is 26.2 Å². The van der Waals surface area contributed by atoms with E-state index in [9.17, 15) is 18.0 Å². The van der Waals surface area contributed by atoms with Gasteiger partial charge in [-0.3, -0.25) is 13.9 Å². The summed E-state index contributed by atoms with van der Waals surface area (Å²) in [7, 11) is -3.84. The molecule has 1 aliphatic rings. The quantitative estimate of drug-likeness (QED) is 0.363. The zero-order valence-corrected chi connectivity index (χ0v) is 24.9. The summed E-state index contributed by atoms with van der Waals surface area (Å²) in [5, 5.41) is 4.27. The highest BCUT2D eigenvalue weighted by molar-refractivity contribution is 7.92. The number of carbonyl (C=O) groups excluding carboxylic acids is 2. The maximum Gasteiger partial charge on any atom is 0.244 e. The molecule has 11 heteroatoms. The van der Waals surface area contributed by atoms with E-state index in [1.165, 1.54) is 4.90 Å². The Balaban J connectivity index is 1.95. The number of nitrogens with zero attached hydrogens (tertiary/aromatic N) is 2. The standard InChI is InChI=1S/C27H34Cl3N3O4S/c1-4-24(27(35)31-21-8-6-5-7-9-21)32(16-19-10-12-22(29)23(30)15-19)26(34)17-33(38(3,36)37)25-13-11-20(28)14-18(25)2/h10-15,21,24H,4-9,16-17H2,1-3H3,(H,31,35)/t24-/m0/s1. The van der Waals surface area contributed by atoms with Crippen molar-refractivity contribution in [2.24, 2.45) is 0 Å².